The molecule has 1 unspecified atom stereocenters. The third-order valence-electron chi connectivity index (χ3n) is 5.40. The monoisotopic (exact) mass is 413 g/mol. The van der Waals surface area contributed by atoms with Crippen molar-refractivity contribution in [3.05, 3.63) is 63.6 Å². The van der Waals surface area contributed by atoms with E-state index in [4.69, 9.17) is 4.74 Å². The van der Waals surface area contributed by atoms with Crippen molar-refractivity contribution < 1.29 is 14.3 Å². The quantitative estimate of drug-likeness (QED) is 0.696. The molecule has 1 aliphatic carbocycles. The topological polar surface area (TPSA) is 46.6 Å². The second kappa shape index (κ2) is 6.54. The molecule has 1 aliphatic heterocycles. The Morgan fingerprint density at radius 1 is 1.15 bits per heavy atom. The second-order valence-electron chi connectivity index (χ2n) is 7.12. The molecule has 4 nitrogen and oxygen atoms in total. The predicted octanol–water partition coefficient (Wildman–Crippen LogP) is 4.49. The van der Waals surface area contributed by atoms with Crippen molar-refractivity contribution in [2.45, 2.75) is 25.2 Å². The number of hydrogen-bond acceptors (Lipinski definition) is 3. The number of anilines is 1. The molecule has 0 N–H and O–H groups in total. The smallest absolute Gasteiger partial charge is 0.337 e. The Morgan fingerprint density at radius 3 is 2.58 bits per heavy atom. The van der Waals surface area contributed by atoms with Gasteiger partial charge in [0.15, 0.2) is 0 Å². The van der Waals surface area contributed by atoms with Crippen LogP contribution in [0.3, 0.4) is 0 Å². The second-order valence-corrected chi connectivity index (χ2v) is 8.03. The van der Waals surface area contributed by atoms with Gasteiger partial charge >= 0.3 is 5.97 Å². The minimum atomic E-state index is -0.345. The number of nitrogens with zero attached hydrogens (tertiary/aromatic N) is 1. The van der Waals surface area contributed by atoms with Crippen LogP contribution >= 0.6 is 15.9 Å². The fourth-order valence-electron chi connectivity index (χ4n) is 3.87. The highest BCUT2D eigenvalue weighted by Crippen LogP contribution is 2.50. The highest BCUT2D eigenvalue weighted by molar-refractivity contribution is 9.10. The average molecular weight is 414 g/mol. The summed E-state index contributed by atoms with van der Waals surface area (Å²) < 4.78 is 5.85. The normalized spacial score (nSPS) is 23.5. The number of methoxy groups -OCH3 is 1. The summed E-state index contributed by atoms with van der Waals surface area (Å²) in [6, 6.07) is 13.7. The summed E-state index contributed by atoms with van der Waals surface area (Å²) in [5.41, 5.74) is 3.73. The highest BCUT2D eigenvalue weighted by atomic mass is 79.9. The molecular weight excluding hydrogens is 394 g/mol. The largest absolute Gasteiger partial charge is 0.465 e. The first kappa shape index (κ1) is 17.3. The number of amides is 1. The zero-order valence-electron chi connectivity index (χ0n) is 14.7. The van der Waals surface area contributed by atoms with Crippen LogP contribution in [0.15, 0.2) is 46.9 Å². The molecule has 2 aromatic carbocycles. The van der Waals surface area contributed by atoms with E-state index in [1.807, 2.05) is 29.2 Å². The van der Waals surface area contributed by atoms with Crippen molar-refractivity contribution in [3.63, 3.8) is 0 Å². The Morgan fingerprint density at radius 2 is 1.88 bits per heavy atom. The van der Waals surface area contributed by atoms with Gasteiger partial charge in [-0.15, -0.1) is 0 Å². The van der Waals surface area contributed by atoms with E-state index in [0.29, 0.717) is 18.0 Å². The van der Waals surface area contributed by atoms with Crippen LogP contribution in [0.25, 0.3) is 0 Å². The third-order valence-corrected chi connectivity index (χ3v) is 5.93. The van der Waals surface area contributed by atoms with Gasteiger partial charge in [-0.05, 0) is 53.8 Å². The lowest BCUT2D eigenvalue weighted by molar-refractivity contribution is -0.119. The van der Waals surface area contributed by atoms with Gasteiger partial charge in [-0.2, -0.15) is 0 Å². The lowest BCUT2D eigenvalue weighted by atomic mass is 10.0. The predicted molar refractivity (Wildman–Crippen MR) is 104 cm³/mol. The van der Waals surface area contributed by atoms with Crippen LogP contribution in [0.1, 0.15) is 46.7 Å². The first-order valence-corrected chi connectivity index (χ1v) is 9.58. The number of halogens is 1. The molecule has 0 bridgehead atoms. The number of ether oxygens (including phenoxy) is 1. The minimum absolute atomic E-state index is 0.0506. The van der Waals surface area contributed by atoms with Crippen LogP contribution in [-0.4, -0.2) is 25.5 Å². The van der Waals surface area contributed by atoms with E-state index in [-0.39, 0.29) is 23.7 Å². The van der Waals surface area contributed by atoms with E-state index >= 15 is 0 Å². The zero-order valence-corrected chi connectivity index (χ0v) is 16.3. The number of esters is 1. The molecule has 1 heterocycles. The maximum atomic E-state index is 13.1. The highest BCUT2D eigenvalue weighted by Gasteiger charge is 2.47. The number of carbonyl (C=O) groups excluding carboxylic acids is 2. The van der Waals surface area contributed by atoms with Crippen molar-refractivity contribution in [3.8, 4) is 0 Å². The number of carbonyl (C=O) groups is 2. The van der Waals surface area contributed by atoms with Gasteiger partial charge in [-0.25, -0.2) is 4.79 Å². The van der Waals surface area contributed by atoms with Crippen LogP contribution in [0.4, 0.5) is 5.69 Å². The van der Waals surface area contributed by atoms with Gasteiger partial charge in [0.1, 0.15) is 0 Å². The van der Waals surface area contributed by atoms with Crippen molar-refractivity contribution in [2.24, 2.45) is 5.92 Å². The Labute approximate surface area is 161 Å². The van der Waals surface area contributed by atoms with Crippen LogP contribution in [0, 0.1) is 5.92 Å². The molecule has 3 atom stereocenters. The van der Waals surface area contributed by atoms with E-state index in [1.165, 1.54) is 12.7 Å². The zero-order chi connectivity index (χ0) is 18.4. The van der Waals surface area contributed by atoms with Gasteiger partial charge in [0.25, 0.3) is 0 Å². The standard InChI is InChI=1S/C21H20BrNO3/c1-12-11-23(19-8-5-14(9-16(12)19)21(25)26-2)20(24)18-10-17(18)13-3-6-15(22)7-4-13/h3-9,12,17-18H,10-11H2,1-2H3/t12?,17-,18+/m0/s1. The van der Waals surface area contributed by atoms with E-state index in [0.717, 1.165) is 22.1 Å². The molecule has 2 aliphatic rings. The molecule has 26 heavy (non-hydrogen) atoms. The van der Waals surface area contributed by atoms with E-state index in [9.17, 15) is 9.59 Å². The molecule has 5 heteroatoms. The summed E-state index contributed by atoms with van der Waals surface area (Å²) in [4.78, 5) is 26.7. The molecule has 4 rings (SSSR count). The molecule has 1 fully saturated rings. The molecule has 0 saturated heterocycles. The molecule has 134 valence electrons. The number of hydrogen-bond donors (Lipinski definition) is 0. The Bertz CT molecular complexity index is 877. The maximum Gasteiger partial charge on any atom is 0.337 e. The molecular formula is C21H20BrNO3. The van der Waals surface area contributed by atoms with E-state index in [1.54, 1.807) is 6.07 Å². The summed E-state index contributed by atoms with van der Waals surface area (Å²) in [6.45, 7) is 2.76. The Hall–Kier alpha value is -2.14. The first-order valence-electron chi connectivity index (χ1n) is 8.78. The minimum Gasteiger partial charge on any atom is -0.465 e. The maximum absolute atomic E-state index is 13.1. The lowest BCUT2D eigenvalue weighted by Gasteiger charge is -2.18. The molecule has 1 amide bonds. The van der Waals surface area contributed by atoms with E-state index < -0.39 is 0 Å². The fraction of sp³-hybridized carbons (Fsp3) is 0.333. The van der Waals surface area contributed by atoms with Crippen LogP contribution < -0.4 is 4.90 Å². The summed E-state index contributed by atoms with van der Waals surface area (Å²) in [7, 11) is 1.38. The van der Waals surface area contributed by atoms with Gasteiger partial charge in [0, 0.05) is 28.5 Å². The van der Waals surface area contributed by atoms with Gasteiger partial charge < -0.3 is 9.64 Å². The Balaban J connectivity index is 1.54. The molecule has 0 radical (unpaired) electrons. The third kappa shape index (κ3) is 2.94. The SMILES string of the molecule is COC(=O)c1ccc2c(c1)C(C)CN2C(=O)[C@@H]1C[C@H]1c1ccc(Br)cc1. The van der Waals surface area contributed by atoms with Gasteiger partial charge in [0.05, 0.1) is 12.7 Å². The van der Waals surface area contributed by atoms with Crippen molar-refractivity contribution in [2.75, 3.05) is 18.6 Å². The van der Waals surface area contributed by atoms with Crippen LogP contribution in [0.5, 0.6) is 0 Å². The summed E-state index contributed by atoms with van der Waals surface area (Å²) in [5.74, 6) is 0.416. The molecule has 0 aromatic heterocycles. The summed E-state index contributed by atoms with van der Waals surface area (Å²) in [6.07, 6.45) is 0.904. The van der Waals surface area contributed by atoms with Crippen molar-refractivity contribution in [1.82, 2.24) is 0 Å². The van der Waals surface area contributed by atoms with Crippen molar-refractivity contribution >= 4 is 33.5 Å². The summed E-state index contributed by atoms with van der Waals surface area (Å²) >= 11 is 3.45. The fourth-order valence-corrected chi connectivity index (χ4v) is 4.13. The van der Waals surface area contributed by atoms with Gasteiger partial charge in [-0.3, -0.25) is 4.79 Å². The van der Waals surface area contributed by atoms with Crippen molar-refractivity contribution in [1.29, 1.82) is 0 Å². The average Bonchev–Trinajstić information content (AvgIpc) is 3.39. The Kier molecular flexibility index (Phi) is 4.35. The molecule has 2 aromatic rings. The molecule has 1 saturated carbocycles. The number of benzene rings is 2. The number of fused-ring (bicyclic) bond motifs is 1. The van der Waals surface area contributed by atoms with Crippen LogP contribution in [-0.2, 0) is 9.53 Å². The number of rotatable bonds is 3. The van der Waals surface area contributed by atoms with Crippen LogP contribution in [0.2, 0.25) is 0 Å². The molecule has 0 spiro atoms. The van der Waals surface area contributed by atoms with Gasteiger partial charge in [-0.1, -0.05) is 35.0 Å². The summed E-state index contributed by atoms with van der Waals surface area (Å²) in [5, 5.41) is 0. The van der Waals surface area contributed by atoms with Gasteiger partial charge in [0.2, 0.25) is 5.91 Å². The first-order chi connectivity index (χ1) is 12.5. The van der Waals surface area contributed by atoms with E-state index in [2.05, 4.69) is 35.0 Å². The lowest BCUT2D eigenvalue weighted by Crippen LogP contribution is -2.31.